The van der Waals surface area contributed by atoms with Crippen molar-refractivity contribution in [2.24, 2.45) is 5.41 Å². The van der Waals surface area contributed by atoms with E-state index < -0.39 is 14.5 Å². The van der Waals surface area contributed by atoms with Crippen molar-refractivity contribution >= 4 is 42.9 Å². The molecule has 0 atom stereocenters. The number of benzene rings is 1. The molecule has 0 aliphatic rings. The predicted molar refractivity (Wildman–Crippen MR) is 79.0 cm³/mol. The van der Waals surface area contributed by atoms with Gasteiger partial charge in [-0.05, 0) is 32.4 Å². The largest absolute Gasteiger partial charge is 0.492 e. The molecule has 0 unspecified atom stereocenters. The number of nitriles is 1. The van der Waals surface area contributed by atoms with Gasteiger partial charge in [-0.25, -0.2) is 8.42 Å². The highest BCUT2D eigenvalue weighted by Gasteiger charge is 2.21. The van der Waals surface area contributed by atoms with Gasteiger partial charge in [-0.2, -0.15) is 5.26 Å². The van der Waals surface area contributed by atoms with Gasteiger partial charge >= 0.3 is 0 Å². The van der Waals surface area contributed by atoms with Crippen LogP contribution in [0.15, 0.2) is 17.0 Å². The van der Waals surface area contributed by atoms with E-state index in [2.05, 4.69) is 6.07 Å². The average Bonchev–Trinajstić information content (AvgIpc) is 2.33. The second-order valence-electron chi connectivity index (χ2n) is 4.72. The van der Waals surface area contributed by atoms with Gasteiger partial charge in [-0.3, -0.25) is 0 Å². The smallest absolute Gasteiger partial charge is 0.262 e. The fourth-order valence-corrected chi connectivity index (χ4v) is 3.07. The zero-order chi connectivity index (χ0) is 15.6. The molecular formula is C12H12Cl3NO3S. The standard InChI is InChI=1S/C12H12Cl3NO3S/c1-12(2,7-16)5-6-19-8-3-4-9(20(15,17)18)11(14)10(8)13/h3-4H,5-6H2,1-2H3. The zero-order valence-corrected chi connectivity index (χ0v) is 13.9. The lowest BCUT2D eigenvalue weighted by Crippen LogP contribution is -2.13. The first-order valence-electron chi connectivity index (χ1n) is 5.55. The van der Waals surface area contributed by atoms with Gasteiger partial charge in [-0.15, -0.1) is 0 Å². The van der Waals surface area contributed by atoms with Crippen LogP contribution in [-0.2, 0) is 9.05 Å². The van der Waals surface area contributed by atoms with Crippen molar-refractivity contribution < 1.29 is 13.2 Å². The summed E-state index contributed by atoms with van der Waals surface area (Å²) in [5.41, 5.74) is -0.518. The van der Waals surface area contributed by atoms with Crippen molar-refractivity contribution in [2.75, 3.05) is 6.61 Å². The van der Waals surface area contributed by atoms with Crippen molar-refractivity contribution in [1.29, 1.82) is 5.26 Å². The summed E-state index contributed by atoms with van der Waals surface area (Å²) in [7, 11) is 1.26. The Morgan fingerprint density at radius 1 is 1.30 bits per heavy atom. The molecule has 0 aromatic heterocycles. The third-order valence-electron chi connectivity index (χ3n) is 2.56. The van der Waals surface area contributed by atoms with E-state index >= 15 is 0 Å². The minimum atomic E-state index is -3.96. The van der Waals surface area contributed by atoms with Gasteiger partial charge in [0.15, 0.2) is 0 Å². The molecule has 1 aromatic rings. The molecule has 0 fully saturated rings. The van der Waals surface area contributed by atoms with E-state index in [9.17, 15) is 8.42 Å². The van der Waals surface area contributed by atoms with Crippen LogP contribution in [0.2, 0.25) is 10.0 Å². The molecule has 8 heteroatoms. The molecule has 110 valence electrons. The Morgan fingerprint density at radius 3 is 2.40 bits per heavy atom. The Bertz CT molecular complexity index is 651. The minimum absolute atomic E-state index is 0.0249. The van der Waals surface area contributed by atoms with Crippen molar-refractivity contribution in [1.82, 2.24) is 0 Å². The number of nitrogens with zero attached hydrogens (tertiary/aromatic N) is 1. The first kappa shape index (κ1) is 17.4. The molecule has 1 aromatic carbocycles. The van der Waals surface area contributed by atoms with Gasteiger partial charge in [-0.1, -0.05) is 23.2 Å². The van der Waals surface area contributed by atoms with E-state index in [-0.39, 0.29) is 27.3 Å². The van der Waals surface area contributed by atoms with Gasteiger partial charge in [0.05, 0.1) is 23.1 Å². The molecule has 0 heterocycles. The van der Waals surface area contributed by atoms with Gasteiger partial charge in [0, 0.05) is 10.7 Å². The topological polar surface area (TPSA) is 67.2 Å². The second kappa shape index (κ2) is 6.40. The summed E-state index contributed by atoms with van der Waals surface area (Å²) in [4.78, 5) is -0.268. The van der Waals surface area contributed by atoms with Crippen LogP contribution in [0.3, 0.4) is 0 Å². The molecular weight excluding hydrogens is 345 g/mol. The van der Waals surface area contributed by atoms with Gasteiger partial charge < -0.3 is 4.74 Å². The lowest BCUT2D eigenvalue weighted by Gasteiger charge is -2.16. The number of rotatable bonds is 5. The van der Waals surface area contributed by atoms with Gasteiger partial charge in [0.2, 0.25) is 0 Å². The number of ether oxygens (including phenoxy) is 1. The van der Waals surface area contributed by atoms with E-state index in [4.69, 9.17) is 43.9 Å². The molecule has 0 saturated heterocycles. The van der Waals surface area contributed by atoms with Crippen molar-refractivity contribution in [3.8, 4) is 11.8 Å². The highest BCUT2D eigenvalue weighted by molar-refractivity contribution is 8.13. The van der Waals surface area contributed by atoms with E-state index in [1.54, 1.807) is 13.8 Å². The Morgan fingerprint density at radius 2 is 1.90 bits per heavy atom. The van der Waals surface area contributed by atoms with Gasteiger partial charge in [0.25, 0.3) is 9.05 Å². The van der Waals surface area contributed by atoms with Crippen LogP contribution in [0.5, 0.6) is 5.75 Å². The zero-order valence-electron chi connectivity index (χ0n) is 10.8. The summed E-state index contributed by atoms with van der Waals surface area (Å²) in [6, 6.07) is 4.75. The first-order chi connectivity index (χ1) is 9.08. The van der Waals surface area contributed by atoms with Crippen molar-refractivity contribution in [2.45, 2.75) is 25.2 Å². The maximum atomic E-state index is 11.2. The van der Waals surface area contributed by atoms with Crippen LogP contribution in [0.25, 0.3) is 0 Å². The third kappa shape index (κ3) is 4.42. The summed E-state index contributed by atoms with van der Waals surface area (Å²) < 4.78 is 27.9. The maximum Gasteiger partial charge on any atom is 0.262 e. The number of hydrogen-bond donors (Lipinski definition) is 0. The van der Waals surface area contributed by atoms with E-state index in [0.29, 0.717) is 6.42 Å². The first-order valence-corrected chi connectivity index (χ1v) is 8.62. The number of hydrogen-bond acceptors (Lipinski definition) is 4. The lowest BCUT2D eigenvalue weighted by atomic mass is 9.92. The SMILES string of the molecule is CC(C)(C#N)CCOc1ccc(S(=O)(=O)Cl)c(Cl)c1Cl. The minimum Gasteiger partial charge on any atom is -0.492 e. The van der Waals surface area contributed by atoms with Gasteiger partial charge in [0.1, 0.15) is 15.7 Å². The molecule has 0 amide bonds. The van der Waals surface area contributed by atoms with Crippen LogP contribution in [0, 0.1) is 16.7 Å². The van der Waals surface area contributed by atoms with E-state index in [0.717, 1.165) is 0 Å². The van der Waals surface area contributed by atoms with Crippen molar-refractivity contribution in [3.63, 3.8) is 0 Å². The lowest BCUT2D eigenvalue weighted by molar-refractivity contribution is 0.264. The highest BCUT2D eigenvalue weighted by Crippen LogP contribution is 2.38. The summed E-state index contributed by atoms with van der Waals surface area (Å²) in [5.74, 6) is 0.245. The summed E-state index contributed by atoms with van der Waals surface area (Å²) in [5, 5.41) is 8.68. The Hall–Kier alpha value is -0.670. The van der Waals surface area contributed by atoms with Crippen LogP contribution in [-0.4, -0.2) is 15.0 Å². The average molecular weight is 357 g/mol. The molecule has 0 saturated carbocycles. The molecule has 0 spiro atoms. The summed E-state index contributed by atoms with van der Waals surface area (Å²) in [6.07, 6.45) is 0.493. The second-order valence-corrected chi connectivity index (χ2v) is 8.01. The molecule has 20 heavy (non-hydrogen) atoms. The molecule has 0 N–H and O–H groups in total. The third-order valence-corrected chi connectivity index (χ3v) is 4.90. The fourth-order valence-electron chi connectivity index (χ4n) is 1.29. The molecule has 1 rings (SSSR count). The number of halogens is 3. The molecule has 0 radical (unpaired) electrons. The highest BCUT2D eigenvalue weighted by atomic mass is 35.7. The Kier molecular flexibility index (Phi) is 5.56. The molecule has 0 bridgehead atoms. The van der Waals surface area contributed by atoms with Crippen LogP contribution in [0.1, 0.15) is 20.3 Å². The Balaban J connectivity index is 2.91. The van der Waals surface area contributed by atoms with E-state index in [1.807, 2.05) is 0 Å². The van der Waals surface area contributed by atoms with Crippen LogP contribution in [0.4, 0.5) is 0 Å². The Labute approximate surface area is 132 Å². The maximum absolute atomic E-state index is 11.2. The van der Waals surface area contributed by atoms with Crippen LogP contribution < -0.4 is 4.74 Å². The molecule has 0 aliphatic heterocycles. The fraction of sp³-hybridized carbons (Fsp3) is 0.417. The van der Waals surface area contributed by atoms with Crippen LogP contribution >= 0.6 is 33.9 Å². The molecule has 4 nitrogen and oxygen atoms in total. The summed E-state index contributed by atoms with van der Waals surface area (Å²) in [6.45, 7) is 3.83. The predicted octanol–water partition coefficient (Wildman–Crippen LogP) is 4.24. The normalized spacial score (nSPS) is 12.0. The summed E-state index contributed by atoms with van der Waals surface area (Å²) >= 11 is 11.8. The van der Waals surface area contributed by atoms with Crippen molar-refractivity contribution in [3.05, 3.63) is 22.2 Å². The van der Waals surface area contributed by atoms with E-state index in [1.165, 1.54) is 12.1 Å². The quantitative estimate of drug-likeness (QED) is 0.740. The molecule has 0 aliphatic carbocycles. The monoisotopic (exact) mass is 355 g/mol.